The van der Waals surface area contributed by atoms with Gasteiger partial charge in [-0.15, -0.1) is 0 Å². The van der Waals surface area contributed by atoms with Crippen molar-refractivity contribution in [1.29, 1.82) is 0 Å². The summed E-state index contributed by atoms with van der Waals surface area (Å²) in [6, 6.07) is 6.74. The van der Waals surface area contributed by atoms with E-state index in [4.69, 9.17) is 9.47 Å². The van der Waals surface area contributed by atoms with Crippen LogP contribution in [0.4, 0.5) is 0 Å². The molecule has 2 aliphatic heterocycles. The highest BCUT2D eigenvalue weighted by Crippen LogP contribution is 2.33. The monoisotopic (exact) mass is 248 g/mol. The Morgan fingerprint density at radius 3 is 2.61 bits per heavy atom. The molecule has 1 atom stereocenters. The Kier molecular flexibility index (Phi) is 3.39. The first-order chi connectivity index (χ1) is 8.84. The Morgan fingerprint density at radius 1 is 1.11 bits per heavy atom. The first kappa shape index (κ1) is 11.8. The third-order valence-electron chi connectivity index (χ3n) is 3.75. The lowest BCUT2D eigenvalue weighted by atomic mass is 10.1. The maximum Gasteiger partial charge on any atom is 0.161 e. The molecule has 1 fully saturated rings. The highest BCUT2D eigenvalue weighted by molar-refractivity contribution is 5.44. The van der Waals surface area contributed by atoms with Crippen molar-refractivity contribution in [3.05, 3.63) is 23.8 Å². The highest BCUT2D eigenvalue weighted by Gasteiger charge is 2.20. The van der Waals surface area contributed by atoms with Gasteiger partial charge in [0.25, 0.3) is 0 Å². The molecular weight excluding hydrogens is 228 g/mol. The number of benzene rings is 1. The van der Waals surface area contributed by atoms with Crippen LogP contribution >= 0.6 is 0 Å². The molecule has 4 nitrogen and oxygen atoms in total. The lowest BCUT2D eigenvalue weighted by Gasteiger charge is -2.33. The number of fused-ring (bicyclic) bond motifs is 1. The molecule has 3 rings (SSSR count). The second kappa shape index (κ2) is 5.16. The van der Waals surface area contributed by atoms with Crippen molar-refractivity contribution in [3.8, 4) is 11.5 Å². The van der Waals surface area contributed by atoms with Crippen LogP contribution in [0.25, 0.3) is 0 Å². The highest BCUT2D eigenvalue weighted by atomic mass is 16.6. The molecule has 0 spiro atoms. The van der Waals surface area contributed by atoms with Crippen molar-refractivity contribution < 1.29 is 9.47 Å². The zero-order valence-electron chi connectivity index (χ0n) is 10.8. The second-order valence-corrected chi connectivity index (χ2v) is 4.87. The third kappa shape index (κ3) is 2.31. The van der Waals surface area contributed by atoms with E-state index in [0.717, 1.165) is 37.7 Å². The van der Waals surface area contributed by atoms with Gasteiger partial charge in [0.05, 0.1) is 0 Å². The van der Waals surface area contributed by atoms with Crippen molar-refractivity contribution in [2.24, 2.45) is 0 Å². The van der Waals surface area contributed by atoms with E-state index < -0.39 is 0 Å². The van der Waals surface area contributed by atoms with Crippen LogP contribution in [0.15, 0.2) is 18.2 Å². The zero-order valence-corrected chi connectivity index (χ0v) is 10.8. The van der Waals surface area contributed by atoms with Crippen LogP contribution in [-0.4, -0.2) is 44.3 Å². The molecule has 0 radical (unpaired) electrons. The number of hydrogen-bond acceptors (Lipinski definition) is 4. The van der Waals surface area contributed by atoms with Crippen LogP contribution in [0.2, 0.25) is 0 Å². The summed E-state index contributed by atoms with van der Waals surface area (Å²) in [7, 11) is 0. The first-order valence-corrected chi connectivity index (χ1v) is 6.69. The fourth-order valence-corrected chi connectivity index (χ4v) is 2.60. The average molecular weight is 248 g/mol. The lowest BCUT2D eigenvalue weighted by molar-refractivity contribution is 0.168. The molecule has 2 heterocycles. The Balaban J connectivity index is 1.78. The van der Waals surface area contributed by atoms with Gasteiger partial charge in [-0.1, -0.05) is 6.07 Å². The second-order valence-electron chi connectivity index (χ2n) is 4.87. The van der Waals surface area contributed by atoms with Crippen LogP contribution in [0.5, 0.6) is 11.5 Å². The SMILES string of the molecule is C[C@@H](c1ccc2c(c1)OCCO2)N1CCNCC1. The summed E-state index contributed by atoms with van der Waals surface area (Å²) in [6.45, 7) is 7.93. The largest absolute Gasteiger partial charge is 0.486 e. The summed E-state index contributed by atoms with van der Waals surface area (Å²) >= 11 is 0. The summed E-state index contributed by atoms with van der Waals surface area (Å²) in [5, 5.41) is 3.38. The normalized spacial score (nSPS) is 21.6. The number of rotatable bonds is 2. The lowest BCUT2D eigenvalue weighted by Crippen LogP contribution is -2.44. The number of hydrogen-bond donors (Lipinski definition) is 1. The predicted octanol–water partition coefficient (Wildman–Crippen LogP) is 1.42. The molecule has 2 aliphatic rings. The van der Waals surface area contributed by atoms with Crippen LogP contribution in [0.1, 0.15) is 18.5 Å². The fourth-order valence-electron chi connectivity index (χ4n) is 2.60. The molecule has 0 amide bonds. The van der Waals surface area contributed by atoms with E-state index in [1.807, 2.05) is 6.07 Å². The molecule has 0 saturated carbocycles. The molecule has 4 heteroatoms. The van der Waals surface area contributed by atoms with E-state index >= 15 is 0 Å². The van der Waals surface area contributed by atoms with E-state index in [0.29, 0.717) is 19.3 Å². The Labute approximate surface area is 108 Å². The first-order valence-electron chi connectivity index (χ1n) is 6.69. The van der Waals surface area contributed by atoms with Gasteiger partial charge in [0, 0.05) is 32.2 Å². The molecule has 18 heavy (non-hydrogen) atoms. The van der Waals surface area contributed by atoms with E-state index in [1.54, 1.807) is 0 Å². The smallest absolute Gasteiger partial charge is 0.161 e. The summed E-state index contributed by atoms with van der Waals surface area (Å²) in [5.41, 5.74) is 1.31. The van der Waals surface area contributed by atoms with E-state index in [9.17, 15) is 0 Å². The summed E-state index contributed by atoms with van der Waals surface area (Å²) in [6.07, 6.45) is 0. The third-order valence-corrected chi connectivity index (χ3v) is 3.75. The Morgan fingerprint density at radius 2 is 1.83 bits per heavy atom. The summed E-state index contributed by atoms with van der Waals surface area (Å²) < 4.78 is 11.2. The van der Waals surface area contributed by atoms with Gasteiger partial charge >= 0.3 is 0 Å². The molecule has 1 N–H and O–H groups in total. The van der Waals surface area contributed by atoms with Gasteiger partial charge in [0.1, 0.15) is 13.2 Å². The predicted molar refractivity (Wildman–Crippen MR) is 70.3 cm³/mol. The van der Waals surface area contributed by atoms with E-state index in [1.165, 1.54) is 5.56 Å². The maximum atomic E-state index is 5.65. The minimum absolute atomic E-state index is 0.433. The zero-order chi connectivity index (χ0) is 12.4. The van der Waals surface area contributed by atoms with Crippen LogP contribution in [0, 0.1) is 0 Å². The van der Waals surface area contributed by atoms with E-state index in [-0.39, 0.29) is 0 Å². The van der Waals surface area contributed by atoms with Crippen LogP contribution < -0.4 is 14.8 Å². The van der Waals surface area contributed by atoms with Crippen LogP contribution in [0.3, 0.4) is 0 Å². The standard InChI is InChI=1S/C14H20N2O2/c1-11(16-6-4-15-5-7-16)12-2-3-13-14(10-12)18-9-8-17-13/h2-3,10-11,15H,4-9H2,1H3/t11-/m0/s1. The van der Waals surface area contributed by atoms with Gasteiger partial charge in [-0.3, -0.25) is 4.90 Å². The molecular formula is C14H20N2O2. The Hall–Kier alpha value is -1.26. The van der Waals surface area contributed by atoms with E-state index in [2.05, 4.69) is 29.3 Å². The molecule has 0 unspecified atom stereocenters. The molecule has 0 aromatic heterocycles. The molecule has 1 aromatic carbocycles. The van der Waals surface area contributed by atoms with Gasteiger partial charge in [0.15, 0.2) is 11.5 Å². The topological polar surface area (TPSA) is 33.7 Å². The van der Waals surface area contributed by atoms with Gasteiger partial charge in [-0.05, 0) is 24.6 Å². The van der Waals surface area contributed by atoms with Crippen LogP contribution in [-0.2, 0) is 0 Å². The van der Waals surface area contributed by atoms with Crippen molar-refractivity contribution >= 4 is 0 Å². The molecule has 0 aliphatic carbocycles. The number of nitrogens with zero attached hydrogens (tertiary/aromatic N) is 1. The van der Waals surface area contributed by atoms with Crippen molar-refractivity contribution in [3.63, 3.8) is 0 Å². The summed E-state index contributed by atoms with van der Waals surface area (Å²) in [4.78, 5) is 2.50. The minimum Gasteiger partial charge on any atom is -0.486 e. The molecule has 98 valence electrons. The quantitative estimate of drug-likeness (QED) is 0.858. The maximum absolute atomic E-state index is 5.65. The van der Waals surface area contributed by atoms with Crippen molar-refractivity contribution in [2.75, 3.05) is 39.4 Å². The summed E-state index contributed by atoms with van der Waals surface area (Å²) in [5.74, 6) is 1.76. The average Bonchev–Trinajstić information content (AvgIpc) is 2.47. The van der Waals surface area contributed by atoms with Crippen molar-refractivity contribution in [2.45, 2.75) is 13.0 Å². The molecule has 0 bridgehead atoms. The fraction of sp³-hybridized carbons (Fsp3) is 0.571. The van der Waals surface area contributed by atoms with Crippen molar-refractivity contribution in [1.82, 2.24) is 10.2 Å². The van der Waals surface area contributed by atoms with Gasteiger partial charge in [-0.25, -0.2) is 0 Å². The number of ether oxygens (including phenoxy) is 2. The Bertz CT molecular complexity index is 416. The molecule has 1 saturated heterocycles. The molecule has 1 aromatic rings. The number of nitrogens with one attached hydrogen (secondary N) is 1. The van der Waals surface area contributed by atoms with Gasteiger partial charge in [0.2, 0.25) is 0 Å². The number of piperazine rings is 1. The van der Waals surface area contributed by atoms with Gasteiger partial charge in [-0.2, -0.15) is 0 Å². The minimum atomic E-state index is 0.433. The van der Waals surface area contributed by atoms with Gasteiger partial charge < -0.3 is 14.8 Å².